The van der Waals surface area contributed by atoms with E-state index in [1.807, 2.05) is 6.92 Å². The molecule has 2 unspecified atom stereocenters. The van der Waals surface area contributed by atoms with Crippen molar-refractivity contribution in [2.45, 2.75) is 45.7 Å². The molecule has 1 rings (SSSR count). The Morgan fingerprint density at radius 3 is 2.82 bits per heavy atom. The van der Waals surface area contributed by atoms with Gasteiger partial charge in [-0.05, 0) is 33.2 Å². The molecule has 0 aliphatic carbocycles. The topological polar surface area (TPSA) is 61.4 Å². The summed E-state index contributed by atoms with van der Waals surface area (Å²) in [5.41, 5.74) is 0. The summed E-state index contributed by atoms with van der Waals surface area (Å²) in [6.45, 7) is 7.84. The second kappa shape index (κ2) is 6.59. The van der Waals surface area contributed by atoms with Crippen molar-refractivity contribution in [2.75, 3.05) is 19.6 Å². The fourth-order valence-corrected chi connectivity index (χ4v) is 2.06. The molecular formula is C12H23N3O2. The van der Waals surface area contributed by atoms with Gasteiger partial charge in [0.1, 0.15) is 6.04 Å². The Morgan fingerprint density at radius 1 is 1.53 bits per heavy atom. The maximum absolute atomic E-state index is 12.0. The highest BCUT2D eigenvalue weighted by Gasteiger charge is 2.36. The number of likely N-dealkylation sites (tertiary alicyclic amines) is 1. The molecule has 0 aromatic heterocycles. The lowest BCUT2D eigenvalue weighted by atomic mass is 10.2. The van der Waals surface area contributed by atoms with E-state index in [-0.39, 0.29) is 23.9 Å². The SMILES string of the molecule is CCCNC1CCN(C(C)C(=O)NCC)C1=O. The van der Waals surface area contributed by atoms with Crippen molar-refractivity contribution in [3.63, 3.8) is 0 Å². The summed E-state index contributed by atoms with van der Waals surface area (Å²) in [5.74, 6) is -0.0193. The first-order chi connectivity index (χ1) is 8.11. The van der Waals surface area contributed by atoms with Crippen LogP contribution in [-0.4, -0.2) is 48.4 Å². The van der Waals surface area contributed by atoms with Gasteiger partial charge in [0.15, 0.2) is 0 Å². The Bertz CT molecular complexity index is 281. The van der Waals surface area contributed by atoms with E-state index >= 15 is 0 Å². The second-order valence-corrected chi connectivity index (χ2v) is 4.40. The van der Waals surface area contributed by atoms with Crippen LogP contribution in [-0.2, 0) is 9.59 Å². The zero-order chi connectivity index (χ0) is 12.8. The normalized spacial score (nSPS) is 21.7. The van der Waals surface area contributed by atoms with Crippen molar-refractivity contribution in [2.24, 2.45) is 0 Å². The van der Waals surface area contributed by atoms with E-state index in [1.165, 1.54) is 0 Å². The van der Waals surface area contributed by atoms with Crippen molar-refractivity contribution < 1.29 is 9.59 Å². The minimum atomic E-state index is -0.365. The smallest absolute Gasteiger partial charge is 0.242 e. The highest BCUT2D eigenvalue weighted by atomic mass is 16.2. The molecular weight excluding hydrogens is 218 g/mol. The Morgan fingerprint density at radius 2 is 2.24 bits per heavy atom. The van der Waals surface area contributed by atoms with Crippen LogP contribution in [0.1, 0.15) is 33.6 Å². The van der Waals surface area contributed by atoms with E-state index in [4.69, 9.17) is 0 Å². The summed E-state index contributed by atoms with van der Waals surface area (Å²) in [7, 11) is 0. The highest BCUT2D eigenvalue weighted by Crippen LogP contribution is 2.14. The van der Waals surface area contributed by atoms with Crippen LogP contribution in [0.3, 0.4) is 0 Å². The third-order valence-electron chi connectivity index (χ3n) is 3.08. The number of rotatable bonds is 6. The third kappa shape index (κ3) is 3.43. The Kier molecular flexibility index (Phi) is 5.41. The minimum Gasteiger partial charge on any atom is -0.355 e. The predicted octanol–water partition coefficient (Wildman–Crippen LogP) is 0.112. The van der Waals surface area contributed by atoms with Gasteiger partial charge in [0, 0.05) is 13.1 Å². The molecule has 1 aliphatic rings. The summed E-state index contributed by atoms with van der Waals surface area (Å²) < 4.78 is 0. The summed E-state index contributed by atoms with van der Waals surface area (Å²) in [5, 5.41) is 5.96. The average Bonchev–Trinajstić information content (AvgIpc) is 2.67. The standard InChI is InChI=1S/C12H23N3O2/c1-4-7-14-10-6-8-15(12(10)17)9(3)11(16)13-5-2/h9-10,14H,4-8H2,1-3H3,(H,13,16). The van der Waals surface area contributed by atoms with Gasteiger partial charge in [-0.2, -0.15) is 0 Å². The molecule has 0 aromatic rings. The molecule has 0 saturated carbocycles. The Hall–Kier alpha value is -1.10. The molecule has 1 fully saturated rings. The van der Waals surface area contributed by atoms with E-state index in [9.17, 15) is 9.59 Å². The van der Waals surface area contributed by atoms with Crippen LogP contribution in [0.25, 0.3) is 0 Å². The lowest BCUT2D eigenvalue weighted by molar-refractivity contribution is -0.137. The summed E-state index contributed by atoms with van der Waals surface area (Å²) >= 11 is 0. The quantitative estimate of drug-likeness (QED) is 0.694. The Labute approximate surface area is 103 Å². The van der Waals surface area contributed by atoms with Crippen LogP contribution in [0, 0.1) is 0 Å². The fourth-order valence-electron chi connectivity index (χ4n) is 2.06. The molecule has 2 amide bonds. The molecule has 17 heavy (non-hydrogen) atoms. The van der Waals surface area contributed by atoms with Crippen LogP contribution in [0.5, 0.6) is 0 Å². The van der Waals surface area contributed by atoms with Gasteiger partial charge in [-0.3, -0.25) is 9.59 Å². The average molecular weight is 241 g/mol. The number of nitrogens with zero attached hydrogens (tertiary/aromatic N) is 1. The predicted molar refractivity (Wildman–Crippen MR) is 66.6 cm³/mol. The van der Waals surface area contributed by atoms with Crippen molar-refractivity contribution in [3.8, 4) is 0 Å². The van der Waals surface area contributed by atoms with Crippen LogP contribution in [0.4, 0.5) is 0 Å². The monoisotopic (exact) mass is 241 g/mol. The number of carbonyl (C=O) groups is 2. The Balaban J connectivity index is 2.51. The number of carbonyl (C=O) groups excluding carboxylic acids is 2. The molecule has 0 radical (unpaired) electrons. The van der Waals surface area contributed by atoms with Crippen molar-refractivity contribution in [1.29, 1.82) is 0 Å². The minimum absolute atomic E-state index is 0.0530. The first-order valence-electron chi connectivity index (χ1n) is 6.43. The van der Waals surface area contributed by atoms with Crippen molar-refractivity contribution in [3.05, 3.63) is 0 Å². The first kappa shape index (κ1) is 14.0. The van der Waals surface area contributed by atoms with Gasteiger partial charge in [0.2, 0.25) is 11.8 Å². The highest BCUT2D eigenvalue weighted by molar-refractivity contribution is 5.90. The number of hydrogen-bond acceptors (Lipinski definition) is 3. The molecule has 2 atom stereocenters. The summed E-state index contributed by atoms with van der Waals surface area (Å²) in [4.78, 5) is 25.4. The molecule has 0 bridgehead atoms. The first-order valence-corrected chi connectivity index (χ1v) is 6.43. The zero-order valence-electron chi connectivity index (χ0n) is 11.0. The van der Waals surface area contributed by atoms with Crippen molar-refractivity contribution >= 4 is 11.8 Å². The van der Waals surface area contributed by atoms with Gasteiger partial charge in [-0.15, -0.1) is 0 Å². The van der Waals surface area contributed by atoms with E-state index < -0.39 is 0 Å². The molecule has 5 nitrogen and oxygen atoms in total. The maximum atomic E-state index is 12.0. The van der Waals surface area contributed by atoms with Crippen LogP contribution in [0.2, 0.25) is 0 Å². The molecule has 98 valence electrons. The number of likely N-dealkylation sites (N-methyl/N-ethyl adjacent to an activating group) is 1. The second-order valence-electron chi connectivity index (χ2n) is 4.40. The molecule has 5 heteroatoms. The van der Waals surface area contributed by atoms with E-state index in [1.54, 1.807) is 11.8 Å². The lowest BCUT2D eigenvalue weighted by Gasteiger charge is -2.23. The van der Waals surface area contributed by atoms with Crippen LogP contribution >= 0.6 is 0 Å². The van der Waals surface area contributed by atoms with Gasteiger partial charge >= 0.3 is 0 Å². The number of hydrogen-bond donors (Lipinski definition) is 2. The van der Waals surface area contributed by atoms with Gasteiger partial charge in [-0.25, -0.2) is 0 Å². The number of nitrogens with one attached hydrogen (secondary N) is 2. The lowest BCUT2D eigenvalue weighted by Crippen LogP contribution is -2.48. The van der Waals surface area contributed by atoms with E-state index in [2.05, 4.69) is 17.6 Å². The van der Waals surface area contributed by atoms with Crippen LogP contribution < -0.4 is 10.6 Å². The number of amides is 2. The largest absolute Gasteiger partial charge is 0.355 e. The van der Waals surface area contributed by atoms with Crippen molar-refractivity contribution in [1.82, 2.24) is 15.5 Å². The molecule has 1 aliphatic heterocycles. The molecule has 0 spiro atoms. The van der Waals surface area contributed by atoms with E-state index in [0.717, 1.165) is 19.4 Å². The zero-order valence-corrected chi connectivity index (χ0v) is 11.0. The van der Waals surface area contributed by atoms with Gasteiger partial charge in [-0.1, -0.05) is 6.92 Å². The van der Waals surface area contributed by atoms with Gasteiger partial charge in [0.25, 0.3) is 0 Å². The summed E-state index contributed by atoms with van der Waals surface area (Å²) in [6, 6.07) is -0.470. The molecule has 2 N–H and O–H groups in total. The third-order valence-corrected chi connectivity index (χ3v) is 3.08. The van der Waals surface area contributed by atoms with Gasteiger partial charge < -0.3 is 15.5 Å². The fraction of sp³-hybridized carbons (Fsp3) is 0.833. The maximum Gasteiger partial charge on any atom is 0.242 e. The molecule has 1 saturated heterocycles. The summed E-state index contributed by atoms with van der Waals surface area (Å²) in [6.07, 6.45) is 1.80. The van der Waals surface area contributed by atoms with Crippen LogP contribution in [0.15, 0.2) is 0 Å². The molecule has 1 heterocycles. The van der Waals surface area contributed by atoms with Gasteiger partial charge in [0.05, 0.1) is 6.04 Å². The molecule has 0 aromatic carbocycles. The van der Waals surface area contributed by atoms with E-state index in [0.29, 0.717) is 13.1 Å².